The third kappa shape index (κ3) is 1.75. The highest BCUT2D eigenvalue weighted by atomic mass is 16.5. The van der Waals surface area contributed by atoms with Crippen molar-refractivity contribution >= 4 is 5.78 Å². The van der Waals surface area contributed by atoms with Gasteiger partial charge in [0.05, 0.1) is 30.3 Å². The minimum atomic E-state index is -0.0420. The van der Waals surface area contributed by atoms with Crippen molar-refractivity contribution in [3.05, 3.63) is 81.9 Å². The van der Waals surface area contributed by atoms with Crippen LogP contribution in [-0.2, 0) is 14.3 Å². The van der Waals surface area contributed by atoms with Crippen LogP contribution in [0.5, 0.6) is 0 Å². The molecule has 160 valence electrons. The van der Waals surface area contributed by atoms with Crippen molar-refractivity contribution in [1.29, 1.82) is 0 Å². The van der Waals surface area contributed by atoms with Crippen molar-refractivity contribution in [1.82, 2.24) is 0 Å². The SMILES string of the molecule is O=C1C2=C3CCCC[C@@H]3[C@@H]3[C@H]([C@@H]2[C@@H]2[C@H]1[C@@H]1O[C@H]2c2ccccc21)[C@@H]1O[C@H]3c2ccccc21. The second kappa shape index (κ2) is 5.63. The lowest BCUT2D eigenvalue weighted by molar-refractivity contribution is -0.120. The van der Waals surface area contributed by atoms with Gasteiger partial charge in [-0.1, -0.05) is 60.5 Å². The van der Waals surface area contributed by atoms with Crippen LogP contribution in [0.15, 0.2) is 59.7 Å². The van der Waals surface area contributed by atoms with E-state index in [4.69, 9.17) is 9.47 Å². The van der Waals surface area contributed by atoms with Crippen LogP contribution in [0.4, 0.5) is 0 Å². The standard InChI is InChI=1S/C29H26O3/c30-25-19-13-7-1-2-8-14(13)20-22(27-16-10-4-3-9-15(16)26(20)31-27)21(19)23-24(25)29-18-12-6-5-11-17(18)28(23)32-29/h3-6,9-12,14,20-24,26-29H,1-2,7-8H2/t14-,20+,21+,22+,23+,24+,26-,27+,28-,29+/m0/s1. The Labute approximate surface area is 187 Å². The number of ether oxygens (including phenoxy) is 2. The molecule has 4 heterocycles. The van der Waals surface area contributed by atoms with Crippen molar-refractivity contribution < 1.29 is 14.3 Å². The number of ketones is 1. The molecule has 7 aliphatic rings. The Bertz CT molecular complexity index is 1240. The number of carbonyl (C=O) groups excluding carboxylic acids is 1. The smallest absolute Gasteiger partial charge is 0.165 e. The molecule has 3 aliphatic carbocycles. The number of rotatable bonds is 0. The molecule has 0 spiro atoms. The second-order valence-corrected chi connectivity index (χ2v) is 11.2. The van der Waals surface area contributed by atoms with Gasteiger partial charge in [0.2, 0.25) is 0 Å². The van der Waals surface area contributed by atoms with E-state index in [1.165, 1.54) is 52.7 Å². The third-order valence-corrected chi connectivity index (χ3v) is 10.2. The molecular formula is C29H26O3. The second-order valence-electron chi connectivity index (χ2n) is 11.2. The van der Waals surface area contributed by atoms with Crippen LogP contribution in [0.2, 0.25) is 0 Å². The molecule has 3 heteroatoms. The van der Waals surface area contributed by atoms with E-state index in [0.717, 1.165) is 6.42 Å². The molecule has 10 atom stereocenters. The van der Waals surface area contributed by atoms with Gasteiger partial charge < -0.3 is 9.47 Å². The fourth-order valence-corrected chi connectivity index (χ4v) is 9.42. The molecule has 2 saturated heterocycles. The quantitative estimate of drug-likeness (QED) is 0.538. The van der Waals surface area contributed by atoms with Gasteiger partial charge in [0.25, 0.3) is 0 Å². The number of benzene rings is 2. The maximum atomic E-state index is 14.1. The molecule has 0 amide bonds. The van der Waals surface area contributed by atoms with E-state index >= 15 is 0 Å². The summed E-state index contributed by atoms with van der Waals surface area (Å²) >= 11 is 0. The molecule has 32 heavy (non-hydrogen) atoms. The zero-order chi connectivity index (χ0) is 20.7. The van der Waals surface area contributed by atoms with Crippen LogP contribution in [0.1, 0.15) is 72.4 Å². The number of hydrogen-bond donors (Lipinski definition) is 0. The lowest BCUT2D eigenvalue weighted by Gasteiger charge is -2.47. The van der Waals surface area contributed by atoms with Crippen molar-refractivity contribution in [2.75, 3.05) is 0 Å². The van der Waals surface area contributed by atoms with Gasteiger partial charge in [0.15, 0.2) is 5.78 Å². The van der Waals surface area contributed by atoms with Gasteiger partial charge >= 0.3 is 0 Å². The first-order valence-corrected chi connectivity index (χ1v) is 12.6. The fraction of sp³-hybridized carbons (Fsp3) is 0.483. The summed E-state index contributed by atoms with van der Waals surface area (Å²) in [5, 5.41) is 0. The molecule has 0 N–H and O–H groups in total. The first-order chi connectivity index (χ1) is 15.8. The number of carbonyl (C=O) groups is 1. The molecule has 0 unspecified atom stereocenters. The summed E-state index contributed by atoms with van der Waals surface area (Å²) < 4.78 is 13.4. The first-order valence-electron chi connectivity index (χ1n) is 12.6. The fourth-order valence-electron chi connectivity index (χ4n) is 9.42. The van der Waals surface area contributed by atoms with Crippen molar-refractivity contribution in [3.8, 4) is 0 Å². The summed E-state index contributed by atoms with van der Waals surface area (Å²) in [4.78, 5) is 14.1. The average Bonchev–Trinajstić information content (AvgIpc) is 3.63. The zero-order valence-corrected chi connectivity index (χ0v) is 17.9. The Hall–Kier alpha value is -2.23. The molecule has 2 aromatic rings. The molecular weight excluding hydrogens is 396 g/mol. The highest BCUT2D eigenvalue weighted by Gasteiger charge is 2.70. The Morgan fingerprint density at radius 2 is 1.25 bits per heavy atom. The van der Waals surface area contributed by atoms with Gasteiger partial charge in [-0.2, -0.15) is 0 Å². The van der Waals surface area contributed by atoms with Gasteiger partial charge in [-0.25, -0.2) is 0 Å². The average molecular weight is 423 g/mol. The first kappa shape index (κ1) is 17.3. The monoisotopic (exact) mass is 422 g/mol. The van der Waals surface area contributed by atoms with Crippen LogP contribution in [0.25, 0.3) is 0 Å². The van der Waals surface area contributed by atoms with Crippen LogP contribution in [0, 0.1) is 35.5 Å². The maximum absolute atomic E-state index is 14.1. The van der Waals surface area contributed by atoms with E-state index < -0.39 is 0 Å². The number of allylic oxidation sites excluding steroid dienone is 2. The van der Waals surface area contributed by atoms with E-state index in [1.807, 2.05) is 0 Å². The van der Waals surface area contributed by atoms with E-state index in [9.17, 15) is 4.79 Å². The zero-order valence-electron chi connectivity index (χ0n) is 17.9. The van der Waals surface area contributed by atoms with E-state index in [-0.39, 0.29) is 36.3 Å². The lowest BCUT2D eigenvalue weighted by Crippen LogP contribution is -2.42. The van der Waals surface area contributed by atoms with Crippen molar-refractivity contribution in [2.45, 2.75) is 50.1 Å². The highest BCUT2D eigenvalue weighted by molar-refractivity contribution is 6.03. The molecule has 0 radical (unpaired) electrons. The van der Waals surface area contributed by atoms with Gasteiger partial charge in [-0.05, 0) is 58.9 Å². The van der Waals surface area contributed by atoms with Crippen LogP contribution in [0.3, 0.4) is 0 Å². The van der Waals surface area contributed by atoms with Crippen molar-refractivity contribution in [3.63, 3.8) is 0 Å². The predicted molar refractivity (Wildman–Crippen MR) is 117 cm³/mol. The Balaban J connectivity index is 1.27. The number of Topliss-reactive ketones (excluding diaryl/α,β-unsaturated/α-hetero) is 1. The number of hydrogen-bond acceptors (Lipinski definition) is 3. The molecule has 2 aromatic carbocycles. The molecule has 4 aliphatic heterocycles. The topological polar surface area (TPSA) is 35.5 Å². The summed E-state index contributed by atoms with van der Waals surface area (Å²) in [6, 6.07) is 17.5. The molecule has 2 saturated carbocycles. The molecule has 3 nitrogen and oxygen atoms in total. The predicted octanol–water partition coefficient (Wildman–Crippen LogP) is 5.80. The van der Waals surface area contributed by atoms with E-state index in [2.05, 4.69) is 48.5 Å². The normalized spacial score (nSPS) is 45.9. The van der Waals surface area contributed by atoms with E-state index in [0.29, 0.717) is 29.5 Å². The Morgan fingerprint density at radius 3 is 1.97 bits per heavy atom. The van der Waals surface area contributed by atoms with E-state index in [1.54, 1.807) is 0 Å². The van der Waals surface area contributed by atoms with Gasteiger partial charge in [-0.3, -0.25) is 4.79 Å². The van der Waals surface area contributed by atoms with Gasteiger partial charge in [0, 0.05) is 17.8 Å². The van der Waals surface area contributed by atoms with Gasteiger partial charge in [0.1, 0.15) is 0 Å². The Kier molecular flexibility index (Phi) is 3.04. The summed E-state index contributed by atoms with van der Waals surface area (Å²) in [7, 11) is 0. The molecule has 4 bridgehead atoms. The molecule has 4 fully saturated rings. The van der Waals surface area contributed by atoms with Crippen LogP contribution >= 0.6 is 0 Å². The molecule has 0 aromatic heterocycles. The summed E-state index contributed by atoms with van der Waals surface area (Å²) in [6.45, 7) is 0. The number of fused-ring (bicyclic) bond motifs is 21. The summed E-state index contributed by atoms with van der Waals surface area (Å²) in [5.41, 5.74) is 8.18. The minimum absolute atomic E-state index is 0.0121. The summed E-state index contributed by atoms with van der Waals surface area (Å²) in [5.74, 6) is 2.51. The van der Waals surface area contributed by atoms with Crippen molar-refractivity contribution in [2.24, 2.45) is 35.5 Å². The summed E-state index contributed by atoms with van der Waals surface area (Å²) in [6.07, 6.45) is 5.25. The van der Waals surface area contributed by atoms with Crippen LogP contribution < -0.4 is 0 Å². The third-order valence-electron chi connectivity index (χ3n) is 10.2. The maximum Gasteiger partial charge on any atom is 0.165 e. The van der Waals surface area contributed by atoms with Gasteiger partial charge in [-0.15, -0.1) is 0 Å². The highest BCUT2D eigenvalue weighted by Crippen LogP contribution is 2.74. The largest absolute Gasteiger partial charge is 0.365 e. The lowest BCUT2D eigenvalue weighted by atomic mass is 9.54. The minimum Gasteiger partial charge on any atom is -0.365 e. The van der Waals surface area contributed by atoms with Crippen LogP contribution in [-0.4, -0.2) is 5.78 Å². The Morgan fingerprint density at radius 1 is 0.656 bits per heavy atom. The molecule has 9 rings (SSSR count).